The molecule has 1 amide bonds. The van der Waals surface area contributed by atoms with E-state index >= 15 is 0 Å². The molecular formula is C22H26N6O2. The summed E-state index contributed by atoms with van der Waals surface area (Å²) in [6, 6.07) is 11.3. The van der Waals surface area contributed by atoms with E-state index in [0.29, 0.717) is 17.2 Å². The van der Waals surface area contributed by atoms with Crippen LogP contribution in [0.4, 0.5) is 5.82 Å². The van der Waals surface area contributed by atoms with Gasteiger partial charge in [-0.3, -0.25) is 9.48 Å². The summed E-state index contributed by atoms with van der Waals surface area (Å²) < 4.78 is 6.85. The van der Waals surface area contributed by atoms with E-state index < -0.39 is 0 Å². The van der Waals surface area contributed by atoms with Crippen molar-refractivity contribution in [3.8, 4) is 17.0 Å². The zero-order chi connectivity index (χ0) is 20.9. The van der Waals surface area contributed by atoms with Crippen LogP contribution < -0.4 is 15.0 Å². The Kier molecular flexibility index (Phi) is 5.92. The van der Waals surface area contributed by atoms with Crippen molar-refractivity contribution in [3.05, 3.63) is 54.1 Å². The summed E-state index contributed by atoms with van der Waals surface area (Å²) in [5.41, 5.74) is 2.08. The van der Waals surface area contributed by atoms with E-state index in [1.165, 1.54) is 19.3 Å². The van der Waals surface area contributed by atoms with E-state index in [9.17, 15) is 4.79 Å². The molecule has 3 heterocycles. The average Bonchev–Trinajstić information content (AvgIpc) is 3.20. The van der Waals surface area contributed by atoms with Crippen molar-refractivity contribution in [2.24, 2.45) is 7.05 Å². The van der Waals surface area contributed by atoms with Crippen molar-refractivity contribution < 1.29 is 9.53 Å². The van der Waals surface area contributed by atoms with Gasteiger partial charge in [0.1, 0.15) is 23.1 Å². The zero-order valence-electron chi connectivity index (χ0n) is 17.3. The molecule has 0 aliphatic carbocycles. The SMILES string of the molecule is COc1cccc(-c2cc(C(=O)NCc3nccc(N4CCCCC4)n3)n(C)n2)c1. The van der Waals surface area contributed by atoms with Crippen molar-refractivity contribution in [1.29, 1.82) is 0 Å². The van der Waals surface area contributed by atoms with Crippen LogP contribution in [0.5, 0.6) is 5.75 Å². The molecule has 0 unspecified atom stereocenters. The second kappa shape index (κ2) is 8.94. The van der Waals surface area contributed by atoms with Crippen LogP contribution in [-0.2, 0) is 13.6 Å². The number of hydrogen-bond acceptors (Lipinski definition) is 6. The summed E-state index contributed by atoms with van der Waals surface area (Å²) in [6.07, 6.45) is 5.40. The monoisotopic (exact) mass is 406 g/mol. The zero-order valence-corrected chi connectivity index (χ0v) is 17.3. The Bertz CT molecular complexity index is 1030. The molecule has 1 fully saturated rings. The largest absolute Gasteiger partial charge is 0.497 e. The first-order valence-corrected chi connectivity index (χ1v) is 10.2. The third-order valence-electron chi connectivity index (χ3n) is 5.26. The number of benzene rings is 1. The fraction of sp³-hybridized carbons (Fsp3) is 0.364. The van der Waals surface area contributed by atoms with E-state index in [2.05, 4.69) is 25.3 Å². The molecule has 0 spiro atoms. The van der Waals surface area contributed by atoms with Gasteiger partial charge >= 0.3 is 0 Å². The Morgan fingerprint density at radius 3 is 2.80 bits per heavy atom. The topological polar surface area (TPSA) is 85.2 Å². The minimum atomic E-state index is -0.217. The molecule has 4 rings (SSSR count). The van der Waals surface area contributed by atoms with E-state index in [1.807, 2.05) is 30.3 Å². The van der Waals surface area contributed by atoms with Gasteiger partial charge in [-0.1, -0.05) is 12.1 Å². The molecular weight excluding hydrogens is 380 g/mol. The Balaban J connectivity index is 1.44. The number of nitrogens with one attached hydrogen (secondary N) is 1. The van der Waals surface area contributed by atoms with E-state index in [0.717, 1.165) is 30.2 Å². The second-order valence-electron chi connectivity index (χ2n) is 7.33. The first-order chi connectivity index (χ1) is 14.6. The number of ether oxygens (including phenoxy) is 1. The first kappa shape index (κ1) is 19.9. The van der Waals surface area contributed by atoms with Crippen LogP contribution in [0, 0.1) is 0 Å². The lowest BCUT2D eigenvalue weighted by Gasteiger charge is -2.27. The van der Waals surface area contributed by atoms with Crippen LogP contribution in [0.1, 0.15) is 35.6 Å². The first-order valence-electron chi connectivity index (χ1n) is 10.2. The van der Waals surface area contributed by atoms with Crippen molar-refractivity contribution >= 4 is 11.7 Å². The highest BCUT2D eigenvalue weighted by molar-refractivity contribution is 5.93. The number of methoxy groups -OCH3 is 1. The molecule has 0 saturated carbocycles. The average molecular weight is 406 g/mol. The summed E-state index contributed by atoms with van der Waals surface area (Å²) in [5.74, 6) is 2.05. The molecule has 0 atom stereocenters. The molecule has 1 aromatic carbocycles. The maximum atomic E-state index is 12.7. The standard InChI is InChI=1S/C22H26N6O2/c1-27-19(14-18(26-27)16-7-6-8-17(13-16)30-2)22(29)24-15-20-23-10-9-21(25-20)28-11-4-3-5-12-28/h6-10,13-14H,3-5,11-12,15H2,1-2H3,(H,24,29). The highest BCUT2D eigenvalue weighted by atomic mass is 16.5. The van der Waals surface area contributed by atoms with Crippen molar-refractivity contribution in [3.63, 3.8) is 0 Å². The summed E-state index contributed by atoms with van der Waals surface area (Å²) in [6.45, 7) is 2.30. The van der Waals surface area contributed by atoms with Crippen molar-refractivity contribution in [1.82, 2.24) is 25.1 Å². The Labute approximate surface area is 175 Å². The second-order valence-corrected chi connectivity index (χ2v) is 7.33. The lowest BCUT2D eigenvalue weighted by Crippen LogP contribution is -2.31. The number of aryl methyl sites for hydroxylation is 1. The highest BCUT2D eigenvalue weighted by Crippen LogP contribution is 2.23. The lowest BCUT2D eigenvalue weighted by molar-refractivity contribution is 0.0940. The van der Waals surface area contributed by atoms with Gasteiger partial charge in [-0.15, -0.1) is 0 Å². The summed E-state index contributed by atoms with van der Waals surface area (Å²) in [7, 11) is 3.38. The highest BCUT2D eigenvalue weighted by Gasteiger charge is 2.16. The van der Waals surface area contributed by atoms with Crippen LogP contribution in [0.25, 0.3) is 11.3 Å². The Morgan fingerprint density at radius 1 is 1.17 bits per heavy atom. The van der Waals surface area contributed by atoms with Gasteiger partial charge in [0.25, 0.3) is 5.91 Å². The van der Waals surface area contributed by atoms with E-state index in [1.54, 1.807) is 31.1 Å². The number of amides is 1. The normalized spacial score (nSPS) is 13.9. The summed E-state index contributed by atoms with van der Waals surface area (Å²) in [5, 5.41) is 7.38. The van der Waals surface area contributed by atoms with Gasteiger partial charge in [0.15, 0.2) is 0 Å². The molecule has 8 heteroatoms. The number of anilines is 1. The lowest BCUT2D eigenvalue weighted by atomic mass is 10.1. The van der Waals surface area contributed by atoms with Gasteiger partial charge in [0.05, 0.1) is 19.3 Å². The van der Waals surface area contributed by atoms with Gasteiger partial charge in [-0.05, 0) is 43.5 Å². The van der Waals surface area contributed by atoms with Gasteiger partial charge < -0.3 is 15.0 Å². The summed E-state index contributed by atoms with van der Waals surface area (Å²) in [4.78, 5) is 23.9. The van der Waals surface area contributed by atoms with Crippen molar-refractivity contribution in [2.45, 2.75) is 25.8 Å². The molecule has 0 radical (unpaired) electrons. The van der Waals surface area contributed by atoms with E-state index in [4.69, 9.17) is 4.74 Å². The molecule has 0 bridgehead atoms. The van der Waals surface area contributed by atoms with Crippen molar-refractivity contribution in [2.75, 3.05) is 25.1 Å². The van der Waals surface area contributed by atoms with Crippen LogP contribution >= 0.6 is 0 Å². The molecule has 1 aliphatic rings. The molecule has 8 nitrogen and oxygen atoms in total. The van der Waals surface area contributed by atoms with Gasteiger partial charge in [-0.2, -0.15) is 5.10 Å². The quantitative estimate of drug-likeness (QED) is 0.678. The third-order valence-corrected chi connectivity index (χ3v) is 5.26. The third kappa shape index (κ3) is 4.42. The number of carbonyl (C=O) groups excluding carboxylic acids is 1. The molecule has 2 aromatic heterocycles. The van der Waals surface area contributed by atoms with Crippen LogP contribution in [0.2, 0.25) is 0 Å². The number of nitrogens with zero attached hydrogens (tertiary/aromatic N) is 5. The number of carbonyl (C=O) groups is 1. The van der Waals surface area contributed by atoms with E-state index in [-0.39, 0.29) is 12.5 Å². The molecule has 156 valence electrons. The molecule has 1 N–H and O–H groups in total. The Morgan fingerprint density at radius 2 is 2.00 bits per heavy atom. The van der Waals surface area contributed by atoms with Crippen LogP contribution in [0.3, 0.4) is 0 Å². The summed E-state index contributed by atoms with van der Waals surface area (Å²) >= 11 is 0. The van der Waals surface area contributed by atoms with Gasteiger partial charge in [0, 0.05) is 31.9 Å². The molecule has 1 aliphatic heterocycles. The van der Waals surface area contributed by atoms with Gasteiger partial charge in [-0.25, -0.2) is 9.97 Å². The fourth-order valence-electron chi connectivity index (χ4n) is 3.63. The Hall–Kier alpha value is -3.42. The molecule has 30 heavy (non-hydrogen) atoms. The minimum Gasteiger partial charge on any atom is -0.497 e. The number of aromatic nitrogens is 4. The molecule has 3 aromatic rings. The van der Waals surface area contributed by atoms with Gasteiger partial charge in [0.2, 0.25) is 0 Å². The van der Waals surface area contributed by atoms with Crippen LogP contribution in [0.15, 0.2) is 42.6 Å². The number of piperidine rings is 1. The maximum Gasteiger partial charge on any atom is 0.269 e. The maximum absolute atomic E-state index is 12.7. The predicted molar refractivity (Wildman–Crippen MR) is 114 cm³/mol. The van der Waals surface area contributed by atoms with Crippen LogP contribution in [-0.4, -0.2) is 45.9 Å². The molecule has 1 saturated heterocycles. The smallest absolute Gasteiger partial charge is 0.269 e. The fourth-order valence-corrected chi connectivity index (χ4v) is 3.63. The number of hydrogen-bond donors (Lipinski definition) is 1. The number of rotatable bonds is 6. The minimum absolute atomic E-state index is 0.217. The predicted octanol–water partition coefficient (Wildman–Crippen LogP) is 2.81.